The van der Waals surface area contributed by atoms with E-state index >= 15 is 0 Å². The standard InChI is InChI=1S/C22H22N6O2/c1-30-17-7-3-6-16-19(26-21(23)27-20(16)17)14-11-24-28(12-14)13-15-5-2-8-18(25-15)22(29)9-4-10-22/h2-3,5-8,11-12,29H,4,9-10,13H2,1H3,(H2,23,26,27). The molecule has 0 bridgehead atoms. The molecule has 0 spiro atoms. The first-order valence-electron chi connectivity index (χ1n) is 9.87. The van der Waals surface area contributed by atoms with Crippen LogP contribution in [0.15, 0.2) is 48.8 Å². The number of aliphatic hydroxyl groups is 1. The van der Waals surface area contributed by atoms with Crippen LogP contribution in [0.25, 0.3) is 22.2 Å². The van der Waals surface area contributed by atoms with E-state index in [2.05, 4.69) is 20.1 Å². The molecule has 0 saturated heterocycles. The van der Waals surface area contributed by atoms with Crippen LogP contribution in [0.4, 0.5) is 5.95 Å². The number of nitrogen functional groups attached to an aromatic ring is 1. The third-order valence-corrected chi connectivity index (χ3v) is 5.62. The molecular weight excluding hydrogens is 380 g/mol. The summed E-state index contributed by atoms with van der Waals surface area (Å²) in [5.41, 5.74) is 8.95. The van der Waals surface area contributed by atoms with Gasteiger partial charge in [-0.25, -0.2) is 9.97 Å². The van der Waals surface area contributed by atoms with Gasteiger partial charge in [-0.05, 0) is 37.5 Å². The number of hydrogen-bond donors (Lipinski definition) is 2. The topological polar surface area (TPSA) is 112 Å². The molecule has 1 fully saturated rings. The van der Waals surface area contributed by atoms with E-state index in [0.717, 1.165) is 41.6 Å². The Morgan fingerprint density at radius 1 is 1.13 bits per heavy atom. The van der Waals surface area contributed by atoms with Gasteiger partial charge >= 0.3 is 0 Å². The van der Waals surface area contributed by atoms with E-state index in [1.54, 1.807) is 18.0 Å². The van der Waals surface area contributed by atoms with E-state index in [0.29, 0.717) is 23.5 Å². The molecular formula is C22H22N6O2. The minimum absolute atomic E-state index is 0.179. The fourth-order valence-corrected chi connectivity index (χ4v) is 3.86. The van der Waals surface area contributed by atoms with Crippen molar-refractivity contribution in [3.8, 4) is 17.0 Å². The Kier molecular flexibility index (Phi) is 4.36. The molecule has 30 heavy (non-hydrogen) atoms. The van der Waals surface area contributed by atoms with Crippen LogP contribution >= 0.6 is 0 Å². The number of fused-ring (bicyclic) bond motifs is 1. The SMILES string of the molecule is COc1cccc2c(-c3cnn(Cc4cccc(C5(O)CCC5)n4)c3)nc(N)nc12. The highest BCUT2D eigenvalue weighted by molar-refractivity contribution is 5.96. The number of rotatable bonds is 5. The summed E-state index contributed by atoms with van der Waals surface area (Å²) in [6, 6.07) is 11.4. The van der Waals surface area contributed by atoms with Crippen LogP contribution < -0.4 is 10.5 Å². The fourth-order valence-electron chi connectivity index (χ4n) is 3.86. The summed E-state index contributed by atoms with van der Waals surface area (Å²) in [7, 11) is 1.60. The summed E-state index contributed by atoms with van der Waals surface area (Å²) in [6.45, 7) is 0.492. The summed E-state index contributed by atoms with van der Waals surface area (Å²) in [5.74, 6) is 0.822. The van der Waals surface area contributed by atoms with Crippen molar-refractivity contribution in [1.82, 2.24) is 24.7 Å². The smallest absolute Gasteiger partial charge is 0.221 e. The molecule has 3 aromatic heterocycles. The molecule has 4 aromatic rings. The monoisotopic (exact) mass is 402 g/mol. The zero-order chi connectivity index (χ0) is 20.7. The van der Waals surface area contributed by atoms with E-state index < -0.39 is 5.60 Å². The minimum atomic E-state index is -0.776. The zero-order valence-corrected chi connectivity index (χ0v) is 16.6. The number of nitrogens with zero attached hydrogens (tertiary/aromatic N) is 5. The van der Waals surface area contributed by atoms with E-state index in [9.17, 15) is 5.11 Å². The molecule has 8 heteroatoms. The van der Waals surface area contributed by atoms with Gasteiger partial charge < -0.3 is 15.6 Å². The lowest BCUT2D eigenvalue weighted by molar-refractivity contribution is -0.0427. The third kappa shape index (κ3) is 3.15. The molecule has 1 aliphatic carbocycles. The average Bonchev–Trinajstić information content (AvgIpc) is 3.19. The molecule has 3 N–H and O–H groups in total. The Labute approximate surface area is 173 Å². The number of ether oxygens (including phenoxy) is 1. The molecule has 1 saturated carbocycles. The van der Waals surface area contributed by atoms with Crippen molar-refractivity contribution in [3.63, 3.8) is 0 Å². The maximum absolute atomic E-state index is 10.6. The quantitative estimate of drug-likeness (QED) is 0.528. The second kappa shape index (κ2) is 7.07. The lowest BCUT2D eigenvalue weighted by atomic mass is 9.77. The number of pyridine rings is 1. The predicted octanol–water partition coefficient (Wildman–Crippen LogP) is 2.90. The first-order chi connectivity index (χ1) is 14.6. The Morgan fingerprint density at radius 3 is 2.73 bits per heavy atom. The molecule has 0 aliphatic heterocycles. The Hall–Kier alpha value is -3.52. The van der Waals surface area contributed by atoms with Crippen molar-refractivity contribution in [2.75, 3.05) is 12.8 Å². The highest BCUT2D eigenvalue weighted by Crippen LogP contribution is 2.40. The molecule has 8 nitrogen and oxygen atoms in total. The van der Waals surface area contributed by atoms with Crippen molar-refractivity contribution >= 4 is 16.9 Å². The lowest BCUT2D eigenvalue weighted by Crippen LogP contribution is -2.34. The predicted molar refractivity (Wildman–Crippen MR) is 113 cm³/mol. The molecule has 1 aliphatic rings. The highest BCUT2D eigenvalue weighted by atomic mass is 16.5. The maximum Gasteiger partial charge on any atom is 0.221 e. The first-order valence-corrected chi connectivity index (χ1v) is 9.87. The number of anilines is 1. The van der Waals surface area contributed by atoms with Crippen LogP contribution in [0.5, 0.6) is 5.75 Å². The van der Waals surface area contributed by atoms with Crippen LogP contribution in [0, 0.1) is 0 Å². The molecule has 3 heterocycles. The summed E-state index contributed by atoms with van der Waals surface area (Å²) < 4.78 is 7.22. The molecule has 5 rings (SSSR count). The van der Waals surface area contributed by atoms with Crippen molar-refractivity contribution in [2.24, 2.45) is 0 Å². The molecule has 0 radical (unpaired) electrons. The van der Waals surface area contributed by atoms with E-state index in [-0.39, 0.29) is 5.95 Å². The van der Waals surface area contributed by atoms with Gasteiger partial charge in [0, 0.05) is 17.1 Å². The van der Waals surface area contributed by atoms with E-state index in [1.165, 1.54) is 0 Å². The lowest BCUT2D eigenvalue weighted by Gasteiger charge is -2.36. The number of methoxy groups -OCH3 is 1. The van der Waals surface area contributed by atoms with Gasteiger partial charge in [-0.15, -0.1) is 0 Å². The fraction of sp³-hybridized carbons (Fsp3) is 0.273. The largest absolute Gasteiger partial charge is 0.494 e. The van der Waals surface area contributed by atoms with Gasteiger partial charge in [0.25, 0.3) is 0 Å². The second-order valence-corrected chi connectivity index (χ2v) is 7.61. The maximum atomic E-state index is 10.6. The van der Waals surface area contributed by atoms with Gasteiger partial charge in [0.1, 0.15) is 16.9 Å². The van der Waals surface area contributed by atoms with Gasteiger partial charge in [0.05, 0.1) is 36.9 Å². The summed E-state index contributed by atoms with van der Waals surface area (Å²) in [4.78, 5) is 13.4. The average molecular weight is 402 g/mol. The summed E-state index contributed by atoms with van der Waals surface area (Å²) >= 11 is 0. The van der Waals surface area contributed by atoms with Gasteiger partial charge in [-0.2, -0.15) is 5.10 Å². The van der Waals surface area contributed by atoms with Gasteiger partial charge in [-0.1, -0.05) is 18.2 Å². The van der Waals surface area contributed by atoms with Gasteiger partial charge in [-0.3, -0.25) is 9.67 Å². The summed E-state index contributed by atoms with van der Waals surface area (Å²) in [5, 5.41) is 15.9. The number of para-hydroxylation sites is 1. The number of aromatic nitrogens is 5. The van der Waals surface area contributed by atoms with Crippen LogP contribution in [0.1, 0.15) is 30.7 Å². The highest BCUT2D eigenvalue weighted by Gasteiger charge is 2.37. The number of benzene rings is 1. The van der Waals surface area contributed by atoms with Gasteiger partial charge in [0.15, 0.2) is 0 Å². The van der Waals surface area contributed by atoms with Gasteiger partial charge in [0.2, 0.25) is 5.95 Å². The Morgan fingerprint density at radius 2 is 1.97 bits per heavy atom. The van der Waals surface area contributed by atoms with Crippen molar-refractivity contribution in [3.05, 3.63) is 60.2 Å². The van der Waals surface area contributed by atoms with Crippen LogP contribution in [-0.4, -0.2) is 36.9 Å². The molecule has 1 aromatic carbocycles. The molecule has 0 amide bonds. The van der Waals surface area contributed by atoms with Crippen LogP contribution in [0.2, 0.25) is 0 Å². The van der Waals surface area contributed by atoms with Crippen LogP contribution in [0.3, 0.4) is 0 Å². The Bertz CT molecular complexity index is 1230. The minimum Gasteiger partial charge on any atom is -0.494 e. The first kappa shape index (κ1) is 18.5. The van der Waals surface area contributed by atoms with Crippen LogP contribution in [-0.2, 0) is 12.1 Å². The molecule has 0 atom stereocenters. The third-order valence-electron chi connectivity index (χ3n) is 5.62. The molecule has 152 valence electrons. The van der Waals surface area contributed by atoms with Crippen molar-refractivity contribution in [1.29, 1.82) is 0 Å². The number of nitrogens with two attached hydrogens (primary N) is 1. The van der Waals surface area contributed by atoms with E-state index in [1.807, 2.05) is 42.6 Å². The second-order valence-electron chi connectivity index (χ2n) is 7.61. The van der Waals surface area contributed by atoms with Crippen molar-refractivity contribution < 1.29 is 9.84 Å². The van der Waals surface area contributed by atoms with Crippen molar-refractivity contribution in [2.45, 2.75) is 31.4 Å². The zero-order valence-electron chi connectivity index (χ0n) is 16.6. The molecule has 0 unspecified atom stereocenters. The summed E-state index contributed by atoms with van der Waals surface area (Å²) in [6.07, 6.45) is 6.23. The normalized spacial score (nSPS) is 15.1. The van der Waals surface area contributed by atoms with E-state index in [4.69, 9.17) is 10.5 Å². The Balaban J connectivity index is 1.48. The number of hydrogen-bond acceptors (Lipinski definition) is 7.